The van der Waals surface area contributed by atoms with Gasteiger partial charge in [-0.25, -0.2) is 0 Å². The van der Waals surface area contributed by atoms with Crippen LogP contribution in [0.4, 0.5) is 0 Å². The van der Waals surface area contributed by atoms with Crippen molar-refractivity contribution in [3.05, 3.63) is 23.8 Å². The Bertz CT molecular complexity index is 276. The fourth-order valence-electron chi connectivity index (χ4n) is 1.84. The summed E-state index contributed by atoms with van der Waals surface area (Å²) in [4.78, 5) is 4.35. The van der Waals surface area contributed by atoms with Crippen LogP contribution in [0.2, 0.25) is 0 Å². The van der Waals surface area contributed by atoms with E-state index in [4.69, 9.17) is 0 Å². The summed E-state index contributed by atoms with van der Waals surface area (Å²) in [5, 5.41) is 0. The number of rotatable bonds is 0. The summed E-state index contributed by atoms with van der Waals surface area (Å²) in [6, 6.07) is 0. The molecule has 2 unspecified atom stereocenters. The maximum atomic E-state index is 4.35. The summed E-state index contributed by atoms with van der Waals surface area (Å²) >= 11 is 3.43. The molecule has 2 rings (SSSR count). The summed E-state index contributed by atoms with van der Waals surface area (Å²) in [6.07, 6.45) is 7.93. The molecule has 0 aromatic carbocycles. The van der Waals surface area contributed by atoms with Crippen LogP contribution in [0.5, 0.6) is 0 Å². The van der Waals surface area contributed by atoms with Crippen molar-refractivity contribution in [1.82, 2.24) is 0 Å². The maximum absolute atomic E-state index is 4.35. The maximum Gasteiger partial charge on any atom is 0.100 e. The SMILES string of the molecule is CC1CC=CC2CN=C(Br)C=C12. The summed E-state index contributed by atoms with van der Waals surface area (Å²) in [6.45, 7) is 3.21. The van der Waals surface area contributed by atoms with Crippen LogP contribution in [-0.2, 0) is 0 Å². The molecule has 1 nitrogen and oxygen atoms in total. The zero-order chi connectivity index (χ0) is 8.55. The minimum absolute atomic E-state index is 0.579. The van der Waals surface area contributed by atoms with Crippen LogP contribution >= 0.6 is 15.9 Å². The minimum Gasteiger partial charge on any atom is -0.277 e. The number of halogens is 1. The molecule has 1 aliphatic carbocycles. The van der Waals surface area contributed by atoms with E-state index in [0.717, 1.165) is 11.2 Å². The molecule has 1 aliphatic heterocycles. The van der Waals surface area contributed by atoms with Crippen molar-refractivity contribution in [2.45, 2.75) is 13.3 Å². The molecule has 2 aliphatic rings. The van der Waals surface area contributed by atoms with Gasteiger partial charge >= 0.3 is 0 Å². The Morgan fingerprint density at radius 3 is 3.25 bits per heavy atom. The highest BCUT2D eigenvalue weighted by Crippen LogP contribution is 2.32. The number of hydrogen-bond donors (Lipinski definition) is 0. The summed E-state index contributed by atoms with van der Waals surface area (Å²) in [7, 11) is 0. The first-order valence-corrected chi connectivity index (χ1v) is 5.15. The molecule has 0 saturated carbocycles. The molecule has 0 saturated heterocycles. The standard InChI is InChI=1S/C10H12BrN/c1-7-3-2-4-8-6-12-10(11)5-9(7)8/h2,4-5,7-8H,3,6H2,1H3. The molecule has 0 aromatic rings. The highest BCUT2D eigenvalue weighted by molar-refractivity contribution is 9.18. The van der Waals surface area contributed by atoms with E-state index in [9.17, 15) is 0 Å². The van der Waals surface area contributed by atoms with E-state index in [0.29, 0.717) is 11.8 Å². The fraction of sp³-hybridized carbons (Fsp3) is 0.500. The Labute approximate surface area is 81.4 Å². The van der Waals surface area contributed by atoms with Crippen LogP contribution in [0.1, 0.15) is 13.3 Å². The van der Waals surface area contributed by atoms with E-state index in [1.165, 1.54) is 6.42 Å². The van der Waals surface area contributed by atoms with Crippen LogP contribution in [0.3, 0.4) is 0 Å². The van der Waals surface area contributed by atoms with Gasteiger partial charge in [-0.05, 0) is 34.3 Å². The van der Waals surface area contributed by atoms with Crippen LogP contribution in [-0.4, -0.2) is 11.2 Å². The second-order valence-electron chi connectivity index (χ2n) is 3.48. The van der Waals surface area contributed by atoms with Gasteiger partial charge < -0.3 is 0 Å². The lowest BCUT2D eigenvalue weighted by Gasteiger charge is -2.27. The third kappa shape index (κ3) is 1.40. The molecule has 0 N–H and O–H groups in total. The number of hydrogen-bond acceptors (Lipinski definition) is 1. The van der Waals surface area contributed by atoms with Crippen molar-refractivity contribution >= 4 is 20.6 Å². The largest absolute Gasteiger partial charge is 0.277 e. The first-order chi connectivity index (χ1) is 5.77. The van der Waals surface area contributed by atoms with E-state index < -0.39 is 0 Å². The predicted octanol–water partition coefficient (Wildman–Crippen LogP) is 2.93. The lowest BCUT2D eigenvalue weighted by molar-refractivity contribution is 0.568. The minimum atomic E-state index is 0.579. The van der Waals surface area contributed by atoms with E-state index >= 15 is 0 Å². The summed E-state index contributed by atoms with van der Waals surface area (Å²) < 4.78 is 1.01. The molecule has 2 atom stereocenters. The molecule has 1 heterocycles. The van der Waals surface area contributed by atoms with Gasteiger partial charge in [0, 0.05) is 5.92 Å². The Morgan fingerprint density at radius 1 is 1.58 bits per heavy atom. The molecule has 2 heteroatoms. The molecule has 64 valence electrons. The zero-order valence-electron chi connectivity index (χ0n) is 7.13. The van der Waals surface area contributed by atoms with Crippen molar-refractivity contribution in [2.75, 3.05) is 6.54 Å². The average molecular weight is 226 g/mol. The van der Waals surface area contributed by atoms with Gasteiger partial charge in [-0.3, -0.25) is 4.99 Å². The van der Waals surface area contributed by atoms with Crippen molar-refractivity contribution in [3.8, 4) is 0 Å². The summed E-state index contributed by atoms with van der Waals surface area (Å²) in [5.41, 5.74) is 1.54. The molecule has 0 spiro atoms. The van der Waals surface area contributed by atoms with Crippen LogP contribution < -0.4 is 0 Å². The van der Waals surface area contributed by atoms with Crippen molar-refractivity contribution in [2.24, 2.45) is 16.8 Å². The Balaban J connectivity index is 2.32. The molecule has 0 aromatic heterocycles. The number of aliphatic imine (C=N–C) groups is 1. The summed E-state index contributed by atoms with van der Waals surface area (Å²) in [5.74, 6) is 1.28. The smallest absolute Gasteiger partial charge is 0.100 e. The van der Waals surface area contributed by atoms with E-state index in [2.05, 4.69) is 46.1 Å². The van der Waals surface area contributed by atoms with Gasteiger partial charge in [-0.1, -0.05) is 24.6 Å². The zero-order valence-corrected chi connectivity index (χ0v) is 8.71. The number of nitrogens with zero attached hydrogens (tertiary/aromatic N) is 1. The second-order valence-corrected chi connectivity index (χ2v) is 4.29. The van der Waals surface area contributed by atoms with Crippen LogP contribution in [0, 0.1) is 11.8 Å². The molecular weight excluding hydrogens is 214 g/mol. The van der Waals surface area contributed by atoms with E-state index in [1.807, 2.05) is 0 Å². The van der Waals surface area contributed by atoms with Gasteiger partial charge in [0.1, 0.15) is 4.62 Å². The first kappa shape index (κ1) is 8.24. The van der Waals surface area contributed by atoms with Crippen molar-refractivity contribution < 1.29 is 0 Å². The van der Waals surface area contributed by atoms with Gasteiger partial charge in [-0.2, -0.15) is 0 Å². The highest BCUT2D eigenvalue weighted by Gasteiger charge is 2.22. The predicted molar refractivity (Wildman–Crippen MR) is 55.7 cm³/mol. The monoisotopic (exact) mass is 225 g/mol. The first-order valence-electron chi connectivity index (χ1n) is 4.35. The van der Waals surface area contributed by atoms with Gasteiger partial charge in [0.25, 0.3) is 0 Å². The average Bonchev–Trinajstić information content (AvgIpc) is 2.07. The van der Waals surface area contributed by atoms with E-state index in [-0.39, 0.29) is 0 Å². The molecule has 0 radical (unpaired) electrons. The lowest BCUT2D eigenvalue weighted by atomic mass is 9.81. The van der Waals surface area contributed by atoms with E-state index in [1.54, 1.807) is 5.57 Å². The van der Waals surface area contributed by atoms with Crippen LogP contribution in [0.15, 0.2) is 28.8 Å². The second kappa shape index (κ2) is 3.17. The third-order valence-electron chi connectivity index (χ3n) is 2.58. The quantitative estimate of drug-likeness (QED) is 0.563. The molecule has 12 heavy (non-hydrogen) atoms. The fourth-order valence-corrected chi connectivity index (χ4v) is 2.25. The Hall–Kier alpha value is -0.370. The number of fused-ring (bicyclic) bond motifs is 1. The molecule has 0 bridgehead atoms. The lowest BCUT2D eigenvalue weighted by Crippen LogP contribution is -2.19. The topological polar surface area (TPSA) is 12.4 Å². The molecule has 0 fully saturated rings. The van der Waals surface area contributed by atoms with Crippen molar-refractivity contribution in [1.29, 1.82) is 0 Å². The van der Waals surface area contributed by atoms with Gasteiger partial charge in [0.05, 0.1) is 6.54 Å². The van der Waals surface area contributed by atoms with Gasteiger partial charge in [0.15, 0.2) is 0 Å². The Kier molecular flexibility index (Phi) is 2.18. The third-order valence-corrected chi connectivity index (χ3v) is 3.06. The normalized spacial score (nSPS) is 33.8. The molecular formula is C10H12BrN. The van der Waals surface area contributed by atoms with Crippen LogP contribution in [0.25, 0.3) is 0 Å². The van der Waals surface area contributed by atoms with Gasteiger partial charge in [0.2, 0.25) is 0 Å². The number of dihydropyridines is 1. The van der Waals surface area contributed by atoms with Crippen molar-refractivity contribution in [3.63, 3.8) is 0 Å². The van der Waals surface area contributed by atoms with Gasteiger partial charge in [-0.15, -0.1) is 0 Å². The number of allylic oxidation sites excluding steroid dienone is 2. The molecule has 0 amide bonds. The Morgan fingerprint density at radius 2 is 2.42 bits per heavy atom. The highest BCUT2D eigenvalue weighted by atomic mass is 79.9.